The molecule has 2 aliphatic rings. The Morgan fingerprint density at radius 1 is 1.09 bits per heavy atom. The van der Waals surface area contributed by atoms with Crippen molar-refractivity contribution in [3.05, 3.63) is 35.2 Å². The first-order valence-electron chi connectivity index (χ1n) is 10.1. The van der Waals surface area contributed by atoms with Gasteiger partial charge >= 0.3 is 0 Å². The molecule has 10 nitrogen and oxygen atoms in total. The first-order valence-corrected chi connectivity index (χ1v) is 12.4. The fourth-order valence-corrected chi connectivity index (χ4v) is 5.88. The summed E-state index contributed by atoms with van der Waals surface area (Å²) in [6.45, 7) is 3.85. The number of primary amides is 1. The van der Waals surface area contributed by atoms with E-state index in [0.717, 1.165) is 0 Å². The van der Waals surface area contributed by atoms with Gasteiger partial charge in [-0.25, -0.2) is 8.42 Å². The zero-order chi connectivity index (χ0) is 22.9. The Labute approximate surface area is 189 Å². The monoisotopic (exact) mass is 480 g/mol. The Bertz CT molecular complexity index is 1120. The van der Waals surface area contributed by atoms with Gasteiger partial charge in [0.15, 0.2) is 11.5 Å². The molecule has 1 saturated heterocycles. The minimum atomic E-state index is -3.70. The molecule has 3 heterocycles. The highest BCUT2D eigenvalue weighted by Gasteiger charge is 2.33. The molecule has 0 radical (unpaired) electrons. The van der Waals surface area contributed by atoms with Crippen molar-refractivity contribution in [2.24, 2.45) is 5.73 Å². The number of rotatable bonds is 6. The Morgan fingerprint density at radius 2 is 1.78 bits per heavy atom. The molecule has 4 rings (SSSR count). The lowest BCUT2D eigenvalue weighted by atomic mass is 10.2. The van der Waals surface area contributed by atoms with Crippen LogP contribution in [0, 0.1) is 0 Å². The topological polar surface area (TPSA) is 131 Å². The number of thiophene rings is 1. The minimum Gasteiger partial charge on any atom is -0.486 e. The molecule has 1 aromatic heterocycles. The molecular weight excluding hydrogens is 456 g/mol. The van der Waals surface area contributed by atoms with Crippen LogP contribution in [0.1, 0.15) is 17.3 Å². The lowest BCUT2D eigenvalue weighted by Gasteiger charge is -2.36. The van der Waals surface area contributed by atoms with Crippen molar-refractivity contribution in [2.45, 2.75) is 17.9 Å². The summed E-state index contributed by atoms with van der Waals surface area (Å²) < 4.78 is 38.5. The average Bonchev–Trinajstić information content (AvgIpc) is 3.26. The third-order valence-corrected chi connectivity index (χ3v) is 8.24. The van der Waals surface area contributed by atoms with Crippen LogP contribution in [0.2, 0.25) is 0 Å². The Morgan fingerprint density at radius 3 is 2.47 bits per heavy atom. The third kappa shape index (κ3) is 4.44. The maximum atomic E-state index is 13.1. The van der Waals surface area contributed by atoms with Gasteiger partial charge in [0.1, 0.15) is 18.2 Å². The van der Waals surface area contributed by atoms with E-state index >= 15 is 0 Å². The number of benzene rings is 1. The fraction of sp³-hybridized carbons (Fsp3) is 0.400. The zero-order valence-corrected chi connectivity index (χ0v) is 19.1. The van der Waals surface area contributed by atoms with Gasteiger partial charge in [-0.15, -0.1) is 11.3 Å². The molecule has 0 spiro atoms. The van der Waals surface area contributed by atoms with Crippen molar-refractivity contribution in [1.29, 1.82) is 0 Å². The lowest BCUT2D eigenvalue weighted by molar-refractivity contribution is -0.121. The summed E-state index contributed by atoms with van der Waals surface area (Å²) in [6.07, 6.45) is 0. The predicted molar refractivity (Wildman–Crippen MR) is 119 cm³/mol. The van der Waals surface area contributed by atoms with E-state index in [-0.39, 0.29) is 29.5 Å². The molecule has 2 amide bonds. The molecule has 1 aromatic carbocycles. The fourth-order valence-electron chi connectivity index (χ4n) is 3.65. The second kappa shape index (κ2) is 9.06. The van der Waals surface area contributed by atoms with Crippen molar-refractivity contribution in [3.63, 3.8) is 0 Å². The van der Waals surface area contributed by atoms with Gasteiger partial charge in [-0.3, -0.25) is 14.5 Å². The molecule has 0 saturated carbocycles. The van der Waals surface area contributed by atoms with Gasteiger partial charge in [-0.1, -0.05) is 0 Å². The first kappa shape index (κ1) is 22.5. The number of carbonyl (C=O) groups is 2. The largest absolute Gasteiger partial charge is 0.486 e. The molecule has 1 atom stereocenters. The smallest absolute Gasteiger partial charge is 0.251 e. The molecule has 1 fully saturated rings. The summed E-state index contributed by atoms with van der Waals surface area (Å²) in [6, 6.07) is 5.67. The Balaban J connectivity index is 1.38. The highest BCUT2D eigenvalue weighted by atomic mass is 32.2. The summed E-state index contributed by atoms with van der Waals surface area (Å²) in [4.78, 5) is 26.2. The third-order valence-electron chi connectivity index (χ3n) is 5.52. The highest BCUT2D eigenvalue weighted by Crippen LogP contribution is 2.33. The number of carbonyl (C=O) groups excluding carboxylic acids is 2. The van der Waals surface area contributed by atoms with E-state index in [1.807, 2.05) is 4.90 Å². The summed E-state index contributed by atoms with van der Waals surface area (Å²) in [5, 5.41) is 4.84. The molecule has 32 heavy (non-hydrogen) atoms. The van der Waals surface area contributed by atoms with Crippen LogP contribution in [0.25, 0.3) is 0 Å². The summed E-state index contributed by atoms with van der Waals surface area (Å²) in [7, 11) is -3.70. The van der Waals surface area contributed by atoms with Gasteiger partial charge in [0.05, 0.1) is 16.5 Å². The van der Waals surface area contributed by atoms with Crippen LogP contribution in [0.5, 0.6) is 11.5 Å². The second-order valence-corrected chi connectivity index (χ2v) is 10.3. The zero-order valence-electron chi connectivity index (χ0n) is 17.4. The van der Waals surface area contributed by atoms with Crippen LogP contribution in [0.3, 0.4) is 0 Å². The molecule has 0 bridgehead atoms. The van der Waals surface area contributed by atoms with E-state index in [1.54, 1.807) is 24.4 Å². The van der Waals surface area contributed by atoms with Crippen LogP contribution in [-0.2, 0) is 14.8 Å². The van der Waals surface area contributed by atoms with Crippen LogP contribution >= 0.6 is 11.3 Å². The van der Waals surface area contributed by atoms with E-state index in [0.29, 0.717) is 42.8 Å². The number of anilines is 1. The first-order chi connectivity index (χ1) is 15.3. The van der Waals surface area contributed by atoms with E-state index in [4.69, 9.17) is 15.2 Å². The Kier molecular flexibility index (Phi) is 6.38. The molecule has 2 aromatic rings. The second-order valence-electron chi connectivity index (χ2n) is 7.44. The Hall–Kier alpha value is -2.67. The van der Waals surface area contributed by atoms with Gasteiger partial charge in [-0.05, 0) is 30.5 Å². The van der Waals surface area contributed by atoms with Crippen LogP contribution < -0.4 is 20.5 Å². The predicted octanol–water partition coefficient (Wildman–Crippen LogP) is 0.952. The lowest BCUT2D eigenvalue weighted by Crippen LogP contribution is -2.53. The molecule has 12 heteroatoms. The van der Waals surface area contributed by atoms with Gasteiger partial charge < -0.3 is 20.5 Å². The van der Waals surface area contributed by atoms with Crippen molar-refractivity contribution in [3.8, 4) is 11.5 Å². The van der Waals surface area contributed by atoms with Gasteiger partial charge in [0.25, 0.3) is 5.91 Å². The van der Waals surface area contributed by atoms with E-state index in [9.17, 15) is 18.0 Å². The number of nitrogens with one attached hydrogen (secondary N) is 1. The van der Waals surface area contributed by atoms with Crippen molar-refractivity contribution < 1.29 is 27.5 Å². The van der Waals surface area contributed by atoms with Crippen LogP contribution in [0.4, 0.5) is 5.00 Å². The molecule has 2 aliphatic heterocycles. The number of piperazine rings is 1. The summed E-state index contributed by atoms with van der Waals surface area (Å²) in [5.41, 5.74) is 5.59. The molecule has 172 valence electrons. The van der Waals surface area contributed by atoms with Crippen molar-refractivity contribution >= 4 is 38.2 Å². The molecule has 3 N–H and O–H groups in total. The maximum absolute atomic E-state index is 13.1. The highest BCUT2D eigenvalue weighted by molar-refractivity contribution is 7.89. The number of ether oxygens (including phenoxy) is 2. The number of fused-ring (bicyclic) bond motifs is 1. The SMILES string of the molecule is C[C@H](C(=O)Nc1sccc1C(N)=O)N1CCN(S(=O)(=O)c2ccc3c(c2)OCCO3)CC1. The number of nitrogens with zero attached hydrogens (tertiary/aromatic N) is 2. The summed E-state index contributed by atoms with van der Waals surface area (Å²) >= 11 is 1.22. The van der Waals surface area contributed by atoms with E-state index in [1.165, 1.54) is 27.8 Å². The van der Waals surface area contributed by atoms with Gasteiger partial charge in [0, 0.05) is 32.2 Å². The minimum absolute atomic E-state index is 0.151. The number of sulfonamides is 1. The van der Waals surface area contributed by atoms with E-state index < -0.39 is 22.0 Å². The molecular formula is C20H24N4O6S2. The maximum Gasteiger partial charge on any atom is 0.251 e. The number of amides is 2. The molecule has 0 aliphatic carbocycles. The van der Waals surface area contributed by atoms with Crippen LogP contribution in [-0.4, -0.2) is 74.9 Å². The number of hydrogen-bond donors (Lipinski definition) is 2. The standard InChI is InChI=1S/C20H24N4O6S2/c1-13(19(26)22-20-15(18(21)25)4-11-31-20)23-5-7-24(8-6-23)32(27,28)14-2-3-16-17(12-14)30-10-9-29-16/h2-4,11-13H,5-10H2,1H3,(H2,21,25)(H,22,26)/t13-/m1/s1. The van der Waals surface area contributed by atoms with Crippen molar-refractivity contribution in [2.75, 3.05) is 44.7 Å². The average molecular weight is 481 g/mol. The number of nitrogens with two attached hydrogens (primary N) is 1. The quantitative estimate of drug-likeness (QED) is 0.629. The van der Waals surface area contributed by atoms with Gasteiger partial charge in [-0.2, -0.15) is 4.31 Å². The normalized spacial score (nSPS) is 18.2. The number of hydrogen-bond acceptors (Lipinski definition) is 8. The summed E-state index contributed by atoms with van der Waals surface area (Å²) in [5.74, 6) is 0.0699. The van der Waals surface area contributed by atoms with E-state index in [2.05, 4.69) is 5.32 Å². The molecule has 0 unspecified atom stereocenters. The van der Waals surface area contributed by atoms with Gasteiger partial charge in [0.2, 0.25) is 15.9 Å². The van der Waals surface area contributed by atoms with Crippen LogP contribution in [0.15, 0.2) is 34.5 Å². The van der Waals surface area contributed by atoms with Crippen molar-refractivity contribution in [1.82, 2.24) is 9.21 Å².